The van der Waals surface area contributed by atoms with E-state index in [1.54, 1.807) is 10.5 Å². The molecule has 28 heavy (non-hydrogen) atoms. The maximum atomic E-state index is 14.0. The zero-order valence-electron chi connectivity index (χ0n) is 16.2. The summed E-state index contributed by atoms with van der Waals surface area (Å²) in [5.74, 6) is -0.325. The van der Waals surface area contributed by atoms with Gasteiger partial charge in [-0.3, -0.25) is 9.20 Å². The van der Waals surface area contributed by atoms with Crippen LogP contribution in [0.4, 0.5) is 10.1 Å². The summed E-state index contributed by atoms with van der Waals surface area (Å²) in [5.41, 5.74) is 2.32. The molecule has 1 fully saturated rings. The Bertz CT molecular complexity index is 1080. The number of nitrogens with zero attached hydrogens (tertiary/aromatic N) is 4. The predicted molar refractivity (Wildman–Crippen MR) is 108 cm³/mol. The first-order chi connectivity index (χ1) is 13.5. The second-order valence-electron chi connectivity index (χ2n) is 7.30. The molecule has 6 nitrogen and oxygen atoms in total. The lowest BCUT2D eigenvalue weighted by molar-refractivity contribution is 0.315. The number of ether oxygens (including phenoxy) is 1. The molecule has 1 atom stereocenters. The molecule has 0 spiro atoms. The third kappa shape index (κ3) is 3.33. The Hall–Kier alpha value is -2.93. The molecule has 2 aromatic heterocycles. The third-order valence-corrected chi connectivity index (χ3v) is 5.35. The number of halogens is 1. The molecule has 4 rings (SSSR count). The first-order valence-electron chi connectivity index (χ1n) is 9.25. The number of benzene rings is 1. The van der Waals surface area contributed by atoms with Crippen LogP contribution in [0.1, 0.15) is 6.42 Å². The number of methoxy groups -OCH3 is 1. The van der Waals surface area contributed by atoms with Crippen molar-refractivity contribution < 1.29 is 9.13 Å². The van der Waals surface area contributed by atoms with Crippen LogP contribution in [0.15, 0.2) is 47.4 Å². The minimum absolute atomic E-state index is 0.160. The second-order valence-corrected chi connectivity index (χ2v) is 7.30. The highest BCUT2D eigenvalue weighted by Gasteiger charge is 2.24. The van der Waals surface area contributed by atoms with Crippen molar-refractivity contribution in [2.24, 2.45) is 0 Å². The highest BCUT2D eigenvalue weighted by Crippen LogP contribution is 2.25. The molecule has 1 aliphatic heterocycles. The lowest BCUT2D eigenvalue weighted by atomic mass is 10.1. The van der Waals surface area contributed by atoms with Gasteiger partial charge in [0.15, 0.2) is 11.6 Å². The molecule has 0 amide bonds. The van der Waals surface area contributed by atoms with Crippen LogP contribution in [0.3, 0.4) is 0 Å². The van der Waals surface area contributed by atoms with E-state index in [2.05, 4.69) is 28.9 Å². The van der Waals surface area contributed by atoms with Gasteiger partial charge < -0.3 is 14.5 Å². The van der Waals surface area contributed by atoms with Gasteiger partial charge in [0.25, 0.3) is 5.56 Å². The summed E-state index contributed by atoms with van der Waals surface area (Å²) in [4.78, 5) is 21.8. The summed E-state index contributed by atoms with van der Waals surface area (Å²) >= 11 is 0. The van der Waals surface area contributed by atoms with E-state index in [1.165, 1.54) is 25.3 Å². The van der Waals surface area contributed by atoms with Crippen LogP contribution in [-0.2, 0) is 0 Å². The molecule has 0 saturated carbocycles. The van der Waals surface area contributed by atoms with Gasteiger partial charge in [-0.2, -0.15) is 0 Å². The molecule has 0 aliphatic carbocycles. The number of fused-ring (bicyclic) bond motifs is 1. The first kappa shape index (κ1) is 18.4. The van der Waals surface area contributed by atoms with Crippen molar-refractivity contribution in [3.05, 3.63) is 58.8 Å². The van der Waals surface area contributed by atoms with Crippen molar-refractivity contribution in [1.82, 2.24) is 14.3 Å². The zero-order chi connectivity index (χ0) is 19.8. The Balaban J connectivity index is 1.69. The van der Waals surface area contributed by atoms with E-state index < -0.39 is 5.82 Å². The van der Waals surface area contributed by atoms with Gasteiger partial charge >= 0.3 is 0 Å². The van der Waals surface area contributed by atoms with Gasteiger partial charge in [0, 0.05) is 37.0 Å². The van der Waals surface area contributed by atoms with Crippen molar-refractivity contribution in [3.63, 3.8) is 0 Å². The van der Waals surface area contributed by atoms with E-state index in [0.717, 1.165) is 25.2 Å². The maximum Gasteiger partial charge on any atom is 0.258 e. The highest BCUT2D eigenvalue weighted by atomic mass is 19.1. The normalized spacial score (nSPS) is 16.9. The SMILES string of the molecule is COc1ccc(-c2cc(=O)n3cc(N4CC[C@@H](N(C)C)C4)ccc3n2)cc1F. The van der Waals surface area contributed by atoms with Gasteiger partial charge in [0.2, 0.25) is 0 Å². The van der Waals surface area contributed by atoms with Gasteiger partial charge in [-0.1, -0.05) is 0 Å². The number of anilines is 1. The monoisotopic (exact) mass is 382 g/mol. The van der Waals surface area contributed by atoms with Crippen molar-refractivity contribution in [2.45, 2.75) is 12.5 Å². The fourth-order valence-electron chi connectivity index (χ4n) is 3.65. The Labute approximate surface area is 162 Å². The van der Waals surface area contributed by atoms with Crippen molar-refractivity contribution in [2.75, 3.05) is 39.2 Å². The van der Waals surface area contributed by atoms with Gasteiger partial charge in [-0.25, -0.2) is 9.37 Å². The summed E-state index contributed by atoms with van der Waals surface area (Å²) in [6.07, 6.45) is 2.93. The average Bonchev–Trinajstić information content (AvgIpc) is 3.18. The minimum Gasteiger partial charge on any atom is -0.494 e. The summed E-state index contributed by atoms with van der Waals surface area (Å²) in [6, 6.07) is 10.3. The fraction of sp³-hybridized carbons (Fsp3) is 0.333. The Morgan fingerprint density at radius 3 is 2.71 bits per heavy atom. The molecule has 0 bridgehead atoms. The summed E-state index contributed by atoms with van der Waals surface area (Å²) in [5, 5.41) is 0. The van der Waals surface area contributed by atoms with Crippen LogP contribution in [0.5, 0.6) is 5.75 Å². The zero-order valence-corrected chi connectivity index (χ0v) is 16.2. The third-order valence-electron chi connectivity index (χ3n) is 5.35. The van der Waals surface area contributed by atoms with Crippen LogP contribution in [0, 0.1) is 5.82 Å². The summed E-state index contributed by atoms with van der Waals surface area (Å²) in [7, 11) is 5.59. The van der Waals surface area contributed by atoms with Crippen LogP contribution < -0.4 is 15.2 Å². The van der Waals surface area contributed by atoms with Gasteiger partial charge in [-0.15, -0.1) is 0 Å². The van der Waals surface area contributed by atoms with Crippen molar-refractivity contribution in [1.29, 1.82) is 0 Å². The molecule has 3 aromatic rings. The van der Waals surface area contributed by atoms with E-state index in [-0.39, 0.29) is 11.3 Å². The molecule has 0 N–H and O–H groups in total. The number of likely N-dealkylation sites (N-methyl/N-ethyl adjacent to an activating group) is 1. The standard InChI is InChI=1S/C21H23FN4O2/c1-24(2)15-8-9-25(12-15)16-5-7-20-23-18(11-21(27)26(20)13-16)14-4-6-19(28-3)17(22)10-14/h4-7,10-11,13,15H,8-9,12H2,1-3H3/t15-/m1/s1. The summed E-state index contributed by atoms with van der Waals surface area (Å²) in [6.45, 7) is 1.89. The van der Waals surface area contributed by atoms with E-state index in [0.29, 0.717) is 22.9 Å². The molecule has 3 heterocycles. The van der Waals surface area contributed by atoms with Gasteiger partial charge in [0.05, 0.1) is 18.5 Å². The lowest BCUT2D eigenvalue weighted by Gasteiger charge is -2.22. The Morgan fingerprint density at radius 2 is 2.04 bits per heavy atom. The average molecular weight is 382 g/mol. The van der Waals surface area contributed by atoms with Crippen molar-refractivity contribution >= 4 is 11.3 Å². The maximum absolute atomic E-state index is 14.0. The van der Waals surface area contributed by atoms with Crippen molar-refractivity contribution in [3.8, 4) is 17.0 Å². The van der Waals surface area contributed by atoms with Crippen LogP contribution in [0.25, 0.3) is 16.9 Å². The quantitative estimate of drug-likeness (QED) is 0.694. The van der Waals surface area contributed by atoms with E-state index in [1.807, 2.05) is 18.3 Å². The number of hydrogen-bond donors (Lipinski definition) is 0. The van der Waals surface area contributed by atoms with Gasteiger partial charge in [-0.05, 0) is 50.8 Å². The molecule has 0 radical (unpaired) electrons. The Kier molecular flexibility index (Phi) is 4.77. The number of rotatable bonds is 4. The number of pyridine rings is 1. The van der Waals surface area contributed by atoms with E-state index >= 15 is 0 Å². The minimum atomic E-state index is -0.484. The smallest absolute Gasteiger partial charge is 0.258 e. The molecular formula is C21H23FN4O2. The fourth-order valence-corrected chi connectivity index (χ4v) is 3.65. The number of hydrogen-bond acceptors (Lipinski definition) is 5. The predicted octanol–water partition coefficient (Wildman–Crippen LogP) is 2.65. The molecule has 1 aliphatic rings. The molecular weight excluding hydrogens is 359 g/mol. The first-order valence-corrected chi connectivity index (χ1v) is 9.25. The van der Waals surface area contributed by atoms with Crippen LogP contribution in [-0.4, -0.2) is 54.6 Å². The highest BCUT2D eigenvalue weighted by molar-refractivity contribution is 5.63. The van der Waals surface area contributed by atoms with Crippen LogP contribution in [0.2, 0.25) is 0 Å². The number of aromatic nitrogens is 2. The van der Waals surface area contributed by atoms with E-state index in [4.69, 9.17) is 4.74 Å². The molecule has 7 heteroatoms. The van der Waals surface area contributed by atoms with E-state index in [9.17, 15) is 9.18 Å². The second kappa shape index (κ2) is 7.24. The van der Waals surface area contributed by atoms with Crippen LogP contribution >= 0.6 is 0 Å². The molecule has 146 valence electrons. The lowest BCUT2D eigenvalue weighted by Crippen LogP contribution is -2.31. The summed E-state index contributed by atoms with van der Waals surface area (Å²) < 4.78 is 20.5. The molecule has 1 saturated heterocycles. The Morgan fingerprint density at radius 1 is 1.21 bits per heavy atom. The van der Waals surface area contributed by atoms with Gasteiger partial charge in [0.1, 0.15) is 5.65 Å². The molecule has 1 aromatic carbocycles. The largest absolute Gasteiger partial charge is 0.494 e. The molecule has 0 unspecified atom stereocenters. The topological polar surface area (TPSA) is 50.1 Å².